The molecule has 0 N–H and O–H groups in total. The fraction of sp³-hybridized carbons (Fsp3) is 0.250. The van der Waals surface area contributed by atoms with E-state index in [0.29, 0.717) is 6.54 Å². The first-order valence-corrected chi connectivity index (χ1v) is 4.64. The lowest BCUT2D eigenvalue weighted by molar-refractivity contribution is 0.762. The van der Waals surface area contributed by atoms with E-state index < -0.39 is 0 Å². The van der Waals surface area contributed by atoms with E-state index in [-0.39, 0.29) is 15.2 Å². The van der Waals surface area contributed by atoms with Gasteiger partial charge in [-0.25, -0.2) is 4.98 Å². The average Bonchev–Trinajstić information content (AvgIpc) is 2.13. The zero-order valence-corrected chi connectivity index (χ0v) is 9.18. The van der Waals surface area contributed by atoms with Crippen LogP contribution < -0.4 is 5.56 Å². The van der Waals surface area contributed by atoms with Crippen LogP contribution in [-0.2, 0) is 6.54 Å². The molecule has 1 aromatic heterocycles. The van der Waals surface area contributed by atoms with Crippen molar-refractivity contribution in [3.63, 3.8) is 0 Å². The molecule has 0 spiro atoms. The number of rotatable bonds is 1. The van der Waals surface area contributed by atoms with Gasteiger partial charge in [0.05, 0.1) is 6.54 Å². The van der Waals surface area contributed by atoms with Crippen LogP contribution in [0.1, 0.15) is 6.92 Å². The van der Waals surface area contributed by atoms with E-state index in [2.05, 4.69) is 32.8 Å². The molecule has 0 aliphatic rings. The molecule has 0 amide bonds. The smallest absolute Gasteiger partial charge is 0.270 e. The predicted octanol–water partition coefficient (Wildman–Crippen LogP) is 1.68. The van der Waals surface area contributed by atoms with Gasteiger partial charge in [-0.1, -0.05) is 17.5 Å². The maximum absolute atomic E-state index is 11.4. The molecule has 3 nitrogen and oxygen atoms in total. The van der Waals surface area contributed by atoms with E-state index in [1.807, 2.05) is 0 Å². The molecule has 5 heteroatoms. The maximum Gasteiger partial charge on any atom is 0.270 e. The maximum atomic E-state index is 11.4. The Morgan fingerprint density at radius 1 is 1.77 bits per heavy atom. The van der Waals surface area contributed by atoms with Crippen LogP contribution in [-0.4, -0.2) is 9.55 Å². The topological polar surface area (TPSA) is 34.9 Å². The second-order valence-corrected chi connectivity index (χ2v) is 3.36. The molecule has 0 bridgehead atoms. The van der Waals surface area contributed by atoms with Gasteiger partial charge in [-0.3, -0.25) is 9.36 Å². The summed E-state index contributed by atoms with van der Waals surface area (Å²) in [5.74, 6) is 5.45. The number of nitrogens with zero attached hydrogens (tertiary/aromatic N) is 2. The van der Waals surface area contributed by atoms with Crippen LogP contribution in [0.3, 0.4) is 0 Å². The molecule has 0 aliphatic heterocycles. The van der Waals surface area contributed by atoms with Gasteiger partial charge in [-0.2, -0.15) is 0 Å². The van der Waals surface area contributed by atoms with Crippen molar-refractivity contribution in [2.75, 3.05) is 0 Å². The van der Waals surface area contributed by atoms with Gasteiger partial charge in [0.2, 0.25) is 0 Å². The average molecular weight is 262 g/mol. The predicted molar refractivity (Wildman–Crippen MR) is 54.7 cm³/mol. The molecule has 0 atom stereocenters. The van der Waals surface area contributed by atoms with Crippen LogP contribution in [0.4, 0.5) is 0 Å². The number of hydrogen-bond donors (Lipinski definition) is 0. The molecule has 0 saturated carbocycles. The van der Waals surface area contributed by atoms with Gasteiger partial charge in [0, 0.05) is 0 Å². The summed E-state index contributed by atoms with van der Waals surface area (Å²) < 4.78 is 1.65. The minimum Gasteiger partial charge on any atom is -0.286 e. The van der Waals surface area contributed by atoms with Crippen molar-refractivity contribution >= 4 is 27.5 Å². The highest BCUT2D eigenvalue weighted by atomic mass is 79.9. The van der Waals surface area contributed by atoms with Crippen LogP contribution in [0.15, 0.2) is 15.6 Å². The van der Waals surface area contributed by atoms with Crippen LogP contribution >= 0.6 is 27.5 Å². The molecular weight excluding hydrogens is 255 g/mol. The van der Waals surface area contributed by atoms with Crippen LogP contribution in [0.5, 0.6) is 0 Å². The summed E-state index contributed by atoms with van der Waals surface area (Å²) in [7, 11) is 0. The monoisotopic (exact) mass is 260 g/mol. The van der Waals surface area contributed by atoms with Gasteiger partial charge in [0.25, 0.3) is 5.56 Å². The summed E-state index contributed by atoms with van der Waals surface area (Å²) in [5, 5.41) is 0.172. The normalized spacial score (nSPS) is 9.15. The third-order valence-electron chi connectivity index (χ3n) is 1.37. The highest BCUT2D eigenvalue weighted by Gasteiger charge is 2.04. The minimum atomic E-state index is -0.220. The molecule has 13 heavy (non-hydrogen) atoms. The van der Waals surface area contributed by atoms with Gasteiger partial charge in [-0.05, 0) is 22.9 Å². The van der Waals surface area contributed by atoms with Crippen molar-refractivity contribution in [2.24, 2.45) is 0 Å². The zero-order chi connectivity index (χ0) is 9.84. The molecule has 0 unspecified atom stereocenters. The second kappa shape index (κ2) is 4.45. The van der Waals surface area contributed by atoms with Gasteiger partial charge in [-0.15, -0.1) is 5.92 Å². The first kappa shape index (κ1) is 10.3. The lowest BCUT2D eigenvalue weighted by Gasteiger charge is -2.00. The van der Waals surface area contributed by atoms with Crippen molar-refractivity contribution in [2.45, 2.75) is 13.5 Å². The molecule has 1 rings (SSSR count). The number of halogens is 2. The Morgan fingerprint density at radius 2 is 2.46 bits per heavy atom. The van der Waals surface area contributed by atoms with Crippen LogP contribution in [0.2, 0.25) is 5.15 Å². The first-order valence-electron chi connectivity index (χ1n) is 3.47. The highest BCUT2D eigenvalue weighted by Crippen LogP contribution is 2.13. The molecular formula is C8H6BrClN2O. The van der Waals surface area contributed by atoms with E-state index >= 15 is 0 Å². The third-order valence-corrected chi connectivity index (χ3v) is 2.60. The lowest BCUT2D eigenvalue weighted by Crippen LogP contribution is -2.20. The molecule has 0 radical (unpaired) electrons. The fourth-order valence-electron chi connectivity index (χ4n) is 0.721. The Kier molecular flexibility index (Phi) is 3.52. The summed E-state index contributed by atoms with van der Waals surface area (Å²) in [4.78, 5) is 15.2. The molecule has 0 aromatic carbocycles. The number of hydrogen-bond acceptors (Lipinski definition) is 2. The van der Waals surface area contributed by atoms with Crippen LogP contribution in [0, 0.1) is 11.8 Å². The van der Waals surface area contributed by atoms with Gasteiger partial charge in [0.15, 0.2) is 5.15 Å². The van der Waals surface area contributed by atoms with Crippen molar-refractivity contribution in [1.82, 2.24) is 9.55 Å². The Balaban J connectivity index is 3.16. The third kappa shape index (κ3) is 2.33. The Bertz CT molecular complexity index is 430. The van der Waals surface area contributed by atoms with Gasteiger partial charge >= 0.3 is 0 Å². The molecule has 68 valence electrons. The van der Waals surface area contributed by atoms with Crippen LogP contribution in [0.25, 0.3) is 0 Å². The first-order chi connectivity index (χ1) is 6.16. The lowest BCUT2D eigenvalue weighted by atomic mass is 10.5. The summed E-state index contributed by atoms with van der Waals surface area (Å²) in [5.41, 5.74) is -0.220. The van der Waals surface area contributed by atoms with Gasteiger partial charge in [0.1, 0.15) is 10.8 Å². The summed E-state index contributed by atoms with van der Waals surface area (Å²) in [6.07, 6.45) is 1.37. The molecule has 1 aromatic rings. The second-order valence-electron chi connectivity index (χ2n) is 2.21. The zero-order valence-electron chi connectivity index (χ0n) is 6.84. The van der Waals surface area contributed by atoms with E-state index in [9.17, 15) is 4.79 Å². The van der Waals surface area contributed by atoms with E-state index in [1.165, 1.54) is 10.9 Å². The molecule has 0 saturated heterocycles. The standard InChI is InChI=1S/C8H6BrClN2O/c1-2-3-4-12-5-11-7(10)6(9)8(12)13/h5H,4H2,1H3. The largest absolute Gasteiger partial charge is 0.286 e. The summed E-state index contributed by atoms with van der Waals surface area (Å²) >= 11 is 8.66. The Morgan fingerprint density at radius 3 is 3.08 bits per heavy atom. The molecule has 0 aliphatic carbocycles. The molecule has 0 fully saturated rings. The van der Waals surface area contributed by atoms with Crippen molar-refractivity contribution < 1.29 is 0 Å². The van der Waals surface area contributed by atoms with E-state index in [1.54, 1.807) is 6.92 Å². The number of aromatic nitrogens is 2. The summed E-state index contributed by atoms with van der Waals surface area (Å²) in [6.45, 7) is 2.04. The van der Waals surface area contributed by atoms with E-state index in [0.717, 1.165) is 0 Å². The quantitative estimate of drug-likeness (QED) is 0.569. The highest BCUT2D eigenvalue weighted by molar-refractivity contribution is 9.10. The van der Waals surface area contributed by atoms with Crippen molar-refractivity contribution in [1.29, 1.82) is 0 Å². The summed E-state index contributed by atoms with van der Waals surface area (Å²) in [6, 6.07) is 0. The van der Waals surface area contributed by atoms with E-state index in [4.69, 9.17) is 11.6 Å². The van der Waals surface area contributed by atoms with Crippen molar-refractivity contribution in [3.05, 3.63) is 26.3 Å². The minimum absolute atomic E-state index is 0.172. The Hall–Kier alpha value is -0.790. The molecule has 1 heterocycles. The van der Waals surface area contributed by atoms with Crippen molar-refractivity contribution in [3.8, 4) is 11.8 Å². The Labute approximate surface area is 88.9 Å². The fourth-order valence-corrected chi connectivity index (χ4v) is 1.18. The van der Waals surface area contributed by atoms with Gasteiger partial charge < -0.3 is 0 Å². The SMILES string of the molecule is CC#CCn1cnc(Cl)c(Br)c1=O.